The molecule has 1 unspecified atom stereocenters. The minimum Gasteiger partial charge on any atom is -0.376 e. The highest BCUT2D eigenvalue weighted by atomic mass is 35.5. The van der Waals surface area contributed by atoms with Gasteiger partial charge in [-0.1, -0.05) is 41.9 Å². The van der Waals surface area contributed by atoms with E-state index in [0.717, 1.165) is 27.7 Å². The summed E-state index contributed by atoms with van der Waals surface area (Å²) < 4.78 is 40.6. The van der Waals surface area contributed by atoms with Gasteiger partial charge in [-0.3, -0.25) is 4.98 Å². The predicted molar refractivity (Wildman–Crippen MR) is 113 cm³/mol. The lowest BCUT2D eigenvalue weighted by atomic mass is 9.94. The number of hydrogen-bond acceptors (Lipinski definition) is 4. The topological polar surface area (TPSA) is 46.0 Å². The fraction of sp³-hybridized carbons (Fsp3) is 0.182. The van der Waals surface area contributed by atoms with E-state index in [4.69, 9.17) is 11.6 Å². The first-order valence-electron chi connectivity index (χ1n) is 9.04. The molecule has 2 aromatic carbocycles. The van der Waals surface area contributed by atoms with E-state index in [1.165, 1.54) is 29.7 Å². The standard InChI is InChI=1S/C22H16ClF3N2OS/c1-21(29,22(24,25)26)14-9-10-27-18(12-14)15-6-4-8-17-20(15)30-19(28-17)11-13-5-2-3-7-16(13)23/h2-10,12,29H,11H2,1H3. The minimum atomic E-state index is -4.80. The number of aromatic nitrogens is 2. The van der Waals surface area contributed by atoms with Gasteiger partial charge in [0.15, 0.2) is 5.60 Å². The molecule has 4 aromatic rings. The smallest absolute Gasteiger partial charge is 0.376 e. The zero-order valence-corrected chi connectivity index (χ0v) is 17.3. The van der Waals surface area contributed by atoms with E-state index in [1.807, 2.05) is 30.3 Å². The third-order valence-corrected chi connectivity index (χ3v) is 6.38. The highest BCUT2D eigenvalue weighted by Gasteiger charge is 2.51. The molecule has 1 atom stereocenters. The number of pyridine rings is 1. The lowest BCUT2D eigenvalue weighted by molar-refractivity contribution is -0.258. The van der Waals surface area contributed by atoms with Crippen LogP contribution in [0.15, 0.2) is 60.8 Å². The number of rotatable bonds is 4. The normalized spacial score (nSPS) is 14.1. The molecule has 30 heavy (non-hydrogen) atoms. The van der Waals surface area contributed by atoms with Crippen molar-refractivity contribution in [2.75, 3.05) is 0 Å². The van der Waals surface area contributed by atoms with E-state index in [9.17, 15) is 18.3 Å². The van der Waals surface area contributed by atoms with Crippen LogP contribution in [0.1, 0.15) is 23.1 Å². The summed E-state index contributed by atoms with van der Waals surface area (Å²) in [6, 6.07) is 15.4. The first-order valence-corrected chi connectivity index (χ1v) is 10.2. The molecular formula is C22H16ClF3N2OS. The van der Waals surface area contributed by atoms with E-state index >= 15 is 0 Å². The van der Waals surface area contributed by atoms with E-state index < -0.39 is 11.8 Å². The third-order valence-electron chi connectivity index (χ3n) is 4.91. The molecule has 2 heterocycles. The molecule has 0 amide bonds. The van der Waals surface area contributed by atoms with Crippen LogP contribution in [0.2, 0.25) is 5.02 Å². The molecule has 2 aromatic heterocycles. The Hall–Kier alpha value is -2.48. The van der Waals surface area contributed by atoms with Crippen LogP contribution in [-0.2, 0) is 12.0 Å². The van der Waals surface area contributed by atoms with Gasteiger partial charge in [-0.25, -0.2) is 4.98 Å². The number of nitrogens with zero attached hydrogens (tertiary/aromatic N) is 2. The summed E-state index contributed by atoms with van der Waals surface area (Å²) in [4.78, 5) is 8.89. The van der Waals surface area contributed by atoms with Crippen molar-refractivity contribution >= 4 is 33.2 Å². The van der Waals surface area contributed by atoms with Crippen LogP contribution in [-0.4, -0.2) is 21.3 Å². The summed E-state index contributed by atoms with van der Waals surface area (Å²) in [6.45, 7) is 0.737. The summed E-state index contributed by atoms with van der Waals surface area (Å²) >= 11 is 7.69. The van der Waals surface area contributed by atoms with Gasteiger partial charge < -0.3 is 5.11 Å². The van der Waals surface area contributed by atoms with Crippen molar-refractivity contribution in [2.45, 2.75) is 25.1 Å². The lowest BCUT2D eigenvalue weighted by Crippen LogP contribution is -2.39. The molecule has 4 rings (SSSR count). The molecule has 0 saturated carbocycles. The Morgan fingerprint density at radius 1 is 1.07 bits per heavy atom. The van der Waals surface area contributed by atoms with Gasteiger partial charge in [0.1, 0.15) is 0 Å². The van der Waals surface area contributed by atoms with Crippen LogP contribution in [0.3, 0.4) is 0 Å². The van der Waals surface area contributed by atoms with Crippen molar-refractivity contribution < 1.29 is 18.3 Å². The Bertz CT molecular complexity index is 1220. The first kappa shape index (κ1) is 20.8. The number of fused-ring (bicyclic) bond motifs is 1. The number of thiazole rings is 1. The van der Waals surface area contributed by atoms with Crippen molar-refractivity contribution in [1.29, 1.82) is 0 Å². The minimum absolute atomic E-state index is 0.266. The highest BCUT2D eigenvalue weighted by molar-refractivity contribution is 7.19. The summed E-state index contributed by atoms with van der Waals surface area (Å²) in [7, 11) is 0. The van der Waals surface area contributed by atoms with Crippen LogP contribution in [0.4, 0.5) is 13.2 Å². The van der Waals surface area contributed by atoms with Gasteiger partial charge >= 0.3 is 6.18 Å². The summed E-state index contributed by atoms with van der Waals surface area (Å²) in [5.74, 6) is 0. The van der Waals surface area contributed by atoms with Crippen LogP contribution >= 0.6 is 22.9 Å². The van der Waals surface area contributed by atoms with Crippen LogP contribution in [0, 0.1) is 0 Å². The Kier molecular flexibility index (Phi) is 5.30. The second-order valence-corrected chi connectivity index (χ2v) is 8.52. The van der Waals surface area contributed by atoms with Crippen molar-refractivity contribution in [1.82, 2.24) is 9.97 Å². The van der Waals surface area contributed by atoms with Gasteiger partial charge in [-0.2, -0.15) is 13.2 Å². The molecule has 0 saturated heterocycles. The van der Waals surface area contributed by atoms with Crippen molar-refractivity contribution in [2.24, 2.45) is 0 Å². The fourth-order valence-corrected chi connectivity index (χ4v) is 4.43. The molecule has 0 aliphatic carbocycles. The third kappa shape index (κ3) is 3.80. The van der Waals surface area contributed by atoms with E-state index in [-0.39, 0.29) is 5.56 Å². The van der Waals surface area contributed by atoms with Gasteiger partial charge in [0, 0.05) is 23.2 Å². The van der Waals surface area contributed by atoms with Crippen LogP contribution < -0.4 is 0 Å². The molecule has 0 bridgehead atoms. The molecule has 0 aliphatic rings. The average Bonchev–Trinajstić information content (AvgIpc) is 3.11. The van der Waals surface area contributed by atoms with Crippen LogP contribution in [0.25, 0.3) is 21.5 Å². The maximum Gasteiger partial charge on any atom is 0.421 e. The Balaban J connectivity index is 1.76. The van der Waals surface area contributed by atoms with E-state index in [1.54, 1.807) is 12.1 Å². The fourth-order valence-electron chi connectivity index (χ4n) is 3.12. The monoisotopic (exact) mass is 448 g/mol. The molecule has 154 valence electrons. The molecule has 0 spiro atoms. The molecular weight excluding hydrogens is 433 g/mol. The number of halogens is 4. The molecule has 0 fully saturated rings. The number of benzene rings is 2. The molecule has 0 aliphatic heterocycles. The van der Waals surface area contributed by atoms with Gasteiger partial charge in [-0.05, 0) is 42.3 Å². The molecule has 0 radical (unpaired) electrons. The van der Waals surface area contributed by atoms with Gasteiger partial charge in [0.05, 0.1) is 20.9 Å². The lowest BCUT2D eigenvalue weighted by Gasteiger charge is -2.26. The Labute approximate surface area is 179 Å². The number of alkyl halides is 3. The second-order valence-electron chi connectivity index (χ2n) is 7.03. The van der Waals surface area contributed by atoms with Crippen molar-refractivity contribution in [3.8, 4) is 11.3 Å². The Morgan fingerprint density at radius 3 is 2.57 bits per heavy atom. The van der Waals surface area contributed by atoms with E-state index in [0.29, 0.717) is 22.7 Å². The zero-order chi connectivity index (χ0) is 21.5. The van der Waals surface area contributed by atoms with Gasteiger partial charge in [0.25, 0.3) is 0 Å². The maximum atomic E-state index is 13.3. The first-order chi connectivity index (χ1) is 14.2. The van der Waals surface area contributed by atoms with Gasteiger partial charge in [0.2, 0.25) is 0 Å². The number of hydrogen-bond donors (Lipinski definition) is 1. The molecule has 8 heteroatoms. The van der Waals surface area contributed by atoms with E-state index in [2.05, 4.69) is 9.97 Å². The largest absolute Gasteiger partial charge is 0.421 e. The zero-order valence-electron chi connectivity index (χ0n) is 15.7. The van der Waals surface area contributed by atoms with Crippen molar-refractivity contribution in [3.05, 3.63) is 82.0 Å². The summed E-state index contributed by atoms with van der Waals surface area (Å²) in [5, 5.41) is 11.5. The summed E-state index contributed by atoms with van der Waals surface area (Å²) in [6.07, 6.45) is -2.98. The average molecular weight is 449 g/mol. The SMILES string of the molecule is CC(O)(c1ccnc(-c2cccc3nc(Cc4ccccc4Cl)sc23)c1)C(F)(F)F. The maximum absolute atomic E-state index is 13.3. The second kappa shape index (κ2) is 7.65. The van der Waals surface area contributed by atoms with Crippen molar-refractivity contribution in [3.63, 3.8) is 0 Å². The summed E-state index contributed by atoms with van der Waals surface area (Å²) in [5.41, 5.74) is -0.555. The Morgan fingerprint density at radius 2 is 1.83 bits per heavy atom. The number of aliphatic hydroxyl groups is 1. The van der Waals surface area contributed by atoms with Crippen LogP contribution in [0.5, 0.6) is 0 Å². The van der Waals surface area contributed by atoms with Gasteiger partial charge in [-0.15, -0.1) is 11.3 Å². The predicted octanol–water partition coefficient (Wildman–Crippen LogP) is 6.37. The highest BCUT2D eigenvalue weighted by Crippen LogP contribution is 2.40. The molecule has 3 nitrogen and oxygen atoms in total. The molecule has 1 N–H and O–H groups in total. The quantitative estimate of drug-likeness (QED) is 0.394.